The SMILES string of the molecule is c1ccc2c(c1)Cc1cc3c(cc1O2)Oc1ccccc1C3. The third-order valence-electron chi connectivity index (χ3n) is 4.39. The Morgan fingerprint density at radius 1 is 0.500 bits per heavy atom. The number of hydrogen-bond donors (Lipinski definition) is 0. The molecule has 0 aromatic heterocycles. The lowest BCUT2D eigenvalue weighted by Gasteiger charge is -2.25. The Kier molecular flexibility index (Phi) is 2.36. The van der Waals surface area contributed by atoms with Crippen LogP contribution in [0.2, 0.25) is 0 Å². The lowest BCUT2D eigenvalue weighted by molar-refractivity contribution is 0.435. The fraction of sp³-hybridized carbons (Fsp3) is 0.100. The van der Waals surface area contributed by atoms with Crippen molar-refractivity contribution in [2.24, 2.45) is 0 Å². The molecule has 0 unspecified atom stereocenters. The van der Waals surface area contributed by atoms with Crippen molar-refractivity contribution < 1.29 is 9.47 Å². The molecular formula is C20H14O2. The van der Waals surface area contributed by atoms with Gasteiger partial charge < -0.3 is 9.47 Å². The predicted molar refractivity (Wildman–Crippen MR) is 85.1 cm³/mol. The highest BCUT2D eigenvalue weighted by molar-refractivity contribution is 5.58. The molecule has 5 rings (SSSR count). The number of benzene rings is 3. The van der Waals surface area contributed by atoms with E-state index in [1.54, 1.807) is 0 Å². The lowest BCUT2D eigenvalue weighted by Crippen LogP contribution is -2.08. The average molecular weight is 286 g/mol. The second-order valence-electron chi connectivity index (χ2n) is 5.84. The van der Waals surface area contributed by atoms with Gasteiger partial charge in [-0.05, 0) is 40.5 Å². The molecule has 0 saturated heterocycles. The van der Waals surface area contributed by atoms with Crippen LogP contribution >= 0.6 is 0 Å². The van der Waals surface area contributed by atoms with Crippen LogP contribution in [0.5, 0.6) is 23.0 Å². The maximum atomic E-state index is 6.05. The molecule has 2 aliphatic heterocycles. The maximum absolute atomic E-state index is 6.05. The molecule has 106 valence electrons. The van der Waals surface area contributed by atoms with Crippen LogP contribution in [0.4, 0.5) is 0 Å². The highest BCUT2D eigenvalue weighted by Gasteiger charge is 2.23. The standard InChI is InChI=1S/C20H14O2/c1-3-7-17-13(5-1)9-15-11-16-10-14-6-2-4-8-18(14)22-20(16)12-19(15)21-17/h1-8,11-12H,9-10H2. The quantitative estimate of drug-likeness (QED) is 0.395. The van der Waals surface area contributed by atoms with E-state index >= 15 is 0 Å². The first kappa shape index (κ1) is 11.9. The van der Waals surface area contributed by atoms with E-state index in [1.165, 1.54) is 22.3 Å². The van der Waals surface area contributed by atoms with Crippen LogP contribution < -0.4 is 9.47 Å². The Morgan fingerprint density at radius 3 is 1.55 bits per heavy atom. The van der Waals surface area contributed by atoms with Gasteiger partial charge in [-0.3, -0.25) is 0 Å². The summed E-state index contributed by atoms with van der Waals surface area (Å²) < 4.78 is 12.1. The molecule has 3 aromatic rings. The first-order chi connectivity index (χ1) is 10.9. The zero-order chi connectivity index (χ0) is 14.5. The molecule has 0 bridgehead atoms. The lowest BCUT2D eigenvalue weighted by atomic mass is 9.94. The van der Waals surface area contributed by atoms with Gasteiger partial charge in [0.25, 0.3) is 0 Å². The van der Waals surface area contributed by atoms with E-state index in [9.17, 15) is 0 Å². The number of rotatable bonds is 0. The minimum Gasteiger partial charge on any atom is -0.457 e. The number of para-hydroxylation sites is 2. The zero-order valence-electron chi connectivity index (χ0n) is 12.0. The fourth-order valence-corrected chi connectivity index (χ4v) is 3.27. The fourth-order valence-electron chi connectivity index (χ4n) is 3.27. The summed E-state index contributed by atoms with van der Waals surface area (Å²) in [7, 11) is 0. The smallest absolute Gasteiger partial charge is 0.134 e. The molecule has 3 aromatic carbocycles. The third-order valence-corrected chi connectivity index (χ3v) is 4.39. The van der Waals surface area contributed by atoms with Crippen molar-refractivity contribution in [1.29, 1.82) is 0 Å². The van der Waals surface area contributed by atoms with Gasteiger partial charge in [0.05, 0.1) is 0 Å². The largest absolute Gasteiger partial charge is 0.457 e. The van der Waals surface area contributed by atoms with Crippen LogP contribution in [0.25, 0.3) is 0 Å². The van der Waals surface area contributed by atoms with Crippen molar-refractivity contribution in [1.82, 2.24) is 0 Å². The first-order valence-electron chi connectivity index (χ1n) is 7.54. The summed E-state index contributed by atoms with van der Waals surface area (Å²) in [6.45, 7) is 0. The summed E-state index contributed by atoms with van der Waals surface area (Å²) in [5.41, 5.74) is 4.96. The van der Waals surface area contributed by atoms with E-state index < -0.39 is 0 Å². The van der Waals surface area contributed by atoms with Crippen LogP contribution in [0.3, 0.4) is 0 Å². The van der Waals surface area contributed by atoms with Crippen molar-refractivity contribution in [3.63, 3.8) is 0 Å². The molecule has 0 atom stereocenters. The van der Waals surface area contributed by atoms with Crippen LogP contribution in [0.1, 0.15) is 22.3 Å². The molecule has 2 heterocycles. The van der Waals surface area contributed by atoms with Crippen LogP contribution in [-0.4, -0.2) is 0 Å². The Labute approximate surface area is 128 Å². The summed E-state index contributed by atoms with van der Waals surface area (Å²) >= 11 is 0. The summed E-state index contributed by atoms with van der Waals surface area (Å²) in [5.74, 6) is 3.73. The Morgan fingerprint density at radius 2 is 1.00 bits per heavy atom. The van der Waals surface area contributed by atoms with E-state index in [2.05, 4.69) is 30.3 Å². The van der Waals surface area contributed by atoms with E-state index in [-0.39, 0.29) is 0 Å². The Bertz CT molecular complexity index is 752. The molecular weight excluding hydrogens is 272 g/mol. The molecule has 2 nitrogen and oxygen atoms in total. The summed E-state index contributed by atoms with van der Waals surface area (Å²) in [5, 5.41) is 0. The van der Waals surface area contributed by atoms with Crippen molar-refractivity contribution in [2.45, 2.75) is 12.8 Å². The van der Waals surface area contributed by atoms with Crippen molar-refractivity contribution >= 4 is 0 Å². The van der Waals surface area contributed by atoms with Gasteiger partial charge >= 0.3 is 0 Å². The van der Waals surface area contributed by atoms with Gasteiger partial charge in [0.15, 0.2) is 0 Å². The van der Waals surface area contributed by atoms with Gasteiger partial charge in [-0.15, -0.1) is 0 Å². The van der Waals surface area contributed by atoms with E-state index in [1.807, 2.05) is 30.3 Å². The van der Waals surface area contributed by atoms with Gasteiger partial charge in [0, 0.05) is 18.9 Å². The minimum absolute atomic E-state index is 0.914. The van der Waals surface area contributed by atoms with Crippen molar-refractivity contribution in [3.8, 4) is 23.0 Å². The van der Waals surface area contributed by atoms with E-state index in [0.717, 1.165) is 35.8 Å². The van der Waals surface area contributed by atoms with Gasteiger partial charge in [-0.25, -0.2) is 0 Å². The van der Waals surface area contributed by atoms with Gasteiger partial charge in [-0.1, -0.05) is 36.4 Å². The topological polar surface area (TPSA) is 18.5 Å². The second kappa shape index (κ2) is 4.38. The summed E-state index contributed by atoms with van der Waals surface area (Å²) in [6, 6.07) is 20.7. The normalized spacial score (nSPS) is 13.8. The second-order valence-corrected chi connectivity index (χ2v) is 5.84. The van der Waals surface area contributed by atoms with Gasteiger partial charge in [-0.2, -0.15) is 0 Å². The maximum Gasteiger partial charge on any atom is 0.134 e. The summed E-state index contributed by atoms with van der Waals surface area (Å²) in [4.78, 5) is 0. The molecule has 0 amide bonds. The van der Waals surface area contributed by atoms with Gasteiger partial charge in [0.2, 0.25) is 0 Å². The highest BCUT2D eigenvalue weighted by atomic mass is 16.5. The number of hydrogen-bond acceptors (Lipinski definition) is 2. The molecule has 0 N–H and O–H groups in total. The zero-order valence-corrected chi connectivity index (χ0v) is 12.0. The van der Waals surface area contributed by atoms with Crippen LogP contribution in [-0.2, 0) is 12.8 Å². The molecule has 0 radical (unpaired) electrons. The monoisotopic (exact) mass is 286 g/mol. The molecule has 2 aliphatic rings. The van der Waals surface area contributed by atoms with Crippen LogP contribution in [0.15, 0.2) is 60.7 Å². The molecule has 22 heavy (non-hydrogen) atoms. The van der Waals surface area contributed by atoms with Crippen molar-refractivity contribution in [3.05, 3.63) is 82.9 Å². The third kappa shape index (κ3) is 1.74. The van der Waals surface area contributed by atoms with Gasteiger partial charge in [0.1, 0.15) is 23.0 Å². The van der Waals surface area contributed by atoms with E-state index in [0.29, 0.717) is 0 Å². The average Bonchev–Trinajstić information content (AvgIpc) is 2.56. The molecule has 0 aliphatic carbocycles. The molecule has 0 fully saturated rings. The van der Waals surface area contributed by atoms with Crippen LogP contribution in [0, 0.1) is 0 Å². The summed E-state index contributed by atoms with van der Waals surface area (Å²) in [6.07, 6.45) is 1.83. The predicted octanol–water partition coefficient (Wildman–Crippen LogP) is 5.08. The Hall–Kier alpha value is -2.74. The molecule has 0 saturated carbocycles. The molecule has 0 spiro atoms. The minimum atomic E-state index is 0.914. The molecule has 2 heteroatoms. The first-order valence-corrected chi connectivity index (χ1v) is 7.54. The highest BCUT2D eigenvalue weighted by Crippen LogP contribution is 2.44. The number of fused-ring (bicyclic) bond motifs is 4. The van der Waals surface area contributed by atoms with E-state index in [4.69, 9.17) is 9.47 Å². The van der Waals surface area contributed by atoms with Crippen molar-refractivity contribution in [2.75, 3.05) is 0 Å². The number of ether oxygens (including phenoxy) is 2. The Balaban J connectivity index is 1.60.